The molecule has 0 aliphatic carbocycles. The Labute approximate surface area is 121 Å². The maximum Gasteiger partial charge on any atom is 0.200 e. The molecule has 0 bridgehead atoms. The highest BCUT2D eigenvalue weighted by Gasteiger charge is 2.10. The van der Waals surface area contributed by atoms with Crippen molar-refractivity contribution in [1.82, 2.24) is 5.32 Å². The van der Waals surface area contributed by atoms with Crippen molar-refractivity contribution in [1.29, 1.82) is 0 Å². The lowest BCUT2D eigenvalue weighted by molar-refractivity contribution is 0.285. The second-order valence-electron chi connectivity index (χ2n) is 4.36. The Kier molecular flexibility index (Phi) is 7.98. The summed E-state index contributed by atoms with van der Waals surface area (Å²) in [7, 11) is 0. The van der Waals surface area contributed by atoms with Crippen molar-refractivity contribution in [3.63, 3.8) is 0 Å². The van der Waals surface area contributed by atoms with Crippen LogP contribution in [-0.2, 0) is 0 Å². The van der Waals surface area contributed by atoms with Gasteiger partial charge in [-0.3, -0.25) is 0 Å². The van der Waals surface area contributed by atoms with Crippen molar-refractivity contribution in [2.75, 3.05) is 19.7 Å². The van der Waals surface area contributed by atoms with Crippen molar-refractivity contribution < 1.29 is 13.5 Å². The predicted molar refractivity (Wildman–Crippen MR) is 76.6 cm³/mol. The van der Waals surface area contributed by atoms with Crippen molar-refractivity contribution >= 4 is 15.9 Å². The van der Waals surface area contributed by atoms with Gasteiger partial charge in [-0.1, -0.05) is 22.9 Å². The molecule has 0 aliphatic rings. The summed E-state index contributed by atoms with van der Waals surface area (Å²) in [6.45, 7) is 4.57. The van der Waals surface area contributed by atoms with Crippen molar-refractivity contribution in [2.45, 2.75) is 32.6 Å². The molecule has 0 saturated carbocycles. The van der Waals surface area contributed by atoms with Gasteiger partial charge in [-0.15, -0.1) is 0 Å². The molecule has 5 heteroatoms. The first-order valence-corrected chi connectivity index (χ1v) is 7.42. The standard InChI is InChI=1S/C14H20BrF2NO/c1-2-6-18-7-4-3-5-8-19-13-10-11(15)9-12(16)14(13)17/h9-10,18H,2-8H2,1H3. The van der Waals surface area contributed by atoms with E-state index in [1.165, 1.54) is 6.07 Å². The summed E-state index contributed by atoms with van der Waals surface area (Å²) >= 11 is 3.11. The van der Waals surface area contributed by atoms with Crippen LogP contribution in [0.5, 0.6) is 5.75 Å². The summed E-state index contributed by atoms with van der Waals surface area (Å²) in [6, 6.07) is 2.53. The van der Waals surface area contributed by atoms with Crippen LogP contribution in [0.2, 0.25) is 0 Å². The lowest BCUT2D eigenvalue weighted by Gasteiger charge is -2.08. The molecule has 0 spiro atoms. The zero-order chi connectivity index (χ0) is 14.1. The van der Waals surface area contributed by atoms with Crippen LogP contribution >= 0.6 is 15.9 Å². The third-order valence-electron chi connectivity index (χ3n) is 2.64. The number of unbranched alkanes of at least 4 members (excludes halogenated alkanes) is 2. The molecular formula is C14H20BrF2NO. The summed E-state index contributed by atoms with van der Waals surface area (Å²) in [5.41, 5.74) is 0. The molecule has 0 aliphatic heterocycles. The molecule has 0 radical (unpaired) electrons. The van der Waals surface area contributed by atoms with Gasteiger partial charge >= 0.3 is 0 Å². The van der Waals surface area contributed by atoms with Crippen LogP contribution in [0.3, 0.4) is 0 Å². The van der Waals surface area contributed by atoms with Gasteiger partial charge in [-0.25, -0.2) is 4.39 Å². The Morgan fingerprint density at radius 3 is 2.68 bits per heavy atom. The first-order chi connectivity index (χ1) is 9.15. The maximum atomic E-state index is 13.4. The Morgan fingerprint density at radius 2 is 1.95 bits per heavy atom. The summed E-state index contributed by atoms with van der Waals surface area (Å²) < 4.78 is 32.2. The fraction of sp³-hybridized carbons (Fsp3) is 0.571. The number of rotatable bonds is 9. The molecule has 2 nitrogen and oxygen atoms in total. The van der Waals surface area contributed by atoms with Crippen LogP contribution in [0, 0.1) is 11.6 Å². The van der Waals surface area contributed by atoms with E-state index >= 15 is 0 Å². The molecule has 1 aromatic rings. The largest absolute Gasteiger partial charge is 0.490 e. The third kappa shape index (κ3) is 6.34. The molecule has 0 amide bonds. The SMILES string of the molecule is CCCNCCCCCOc1cc(Br)cc(F)c1F. The molecule has 1 N–H and O–H groups in total. The van der Waals surface area contributed by atoms with Gasteiger partial charge in [0.25, 0.3) is 0 Å². The number of ether oxygens (including phenoxy) is 1. The molecule has 19 heavy (non-hydrogen) atoms. The van der Waals surface area contributed by atoms with Gasteiger partial charge in [0.1, 0.15) is 0 Å². The topological polar surface area (TPSA) is 21.3 Å². The normalized spacial score (nSPS) is 10.7. The number of halogens is 3. The number of hydrogen-bond acceptors (Lipinski definition) is 2. The average molecular weight is 336 g/mol. The Morgan fingerprint density at radius 1 is 1.16 bits per heavy atom. The van der Waals surface area contributed by atoms with E-state index in [1.807, 2.05) is 0 Å². The first-order valence-electron chi connectivity index (χ1n) is 6.63. The molecule has 0 aromatic heterocycles. The van der Waals surface area contributed by atoms with Gasteiger partial charge in [0.05, 0.1) is 6.61 Å². The molecule has 0 unspecified atom stereocenters. The molecule has 0 saturated heterocycles. The van der Waals surface area contributed by atoms with Crippen LogP contribution in [0.25, 0.3) is 0 Å². The fourth-order valence-corrected chi connectivity index (χ4v) is 2.06. The summed E-state index contributed by atoms with van der Waals surface area (Å²) in [5.74, 6) is -1.85. The van der Waals surface area contributed by atoms with Gasteiger partial charge in [-0.2, -0.15) is 4.39 Å². The zero-order valence-corrected chi connectivity index (χ0v) is 12.7. The van der Waals surface area contributed by atoms with E-state index in [0.29, 0.717) is 11.1 Å². The van der Waals surface area contributed by atoms with Gasteiger partial charge in [0, 0.05) is 4.47 Å². The second-order valence-corrected chi connectivity index (χ2v) is 5.27. The number of benzene rings is 1. The van der Waals surface area contributed by atoms with Gasteiger partial charge in [-0.05, 0) is 50.9 Å². The molecule has 0 heterocycles. The van der Waals surface area contributed by atoms with E-state index < -0.39 is 11.6 Å². The molecule has 0 atom stereocenters. The van der Waals surface area contributed by atoms with Crippen LogP contribution in [0.4, 0.5) is 8.78 Å². The highest BCUT2D eigenvalue weighted by molar-refractivity contribution is 9.10. The molecule has 108 valence electrons. The van der Waals surface area contributed by atoms with E-state index in [2.05, 4.69) is 28.2 Å². The predicted octanol–water partition coefficient (Wildman–Crippen LogP) is 4.28. The van der Waals surface area contributed by atoms with E-state index in [-0.39, 0.29) is 5.75 Å². The average Bonchev–Trinajstić information content (AvgIpc) is 2.38. The summed E-state index contributed by atoms with van der Waals surface area (Å²) in [6.07, 6.45) is 4.05. The van der Waals surface area contributed by atoms with Crippen molar-refractivity contribution in [3.05, 3.63) is 28.2 Å². The van der Waals surface area contributed by atoms with E-state index in [4.69, 9.17) is 4.74 Å². The molecule has 1 rings (SSSR count). The minimum absolute atomic E-state index is 0.0315. The minimum Gasteiger partial charge on any atom is -0.490 e. The third-order valence-corrected chi connectivity index (χ3v) is 3.10. The van der Waals surface area contributed by atoms with E-state index in [9.17, 15) is 8.78 Å². The lowest BCUT2D eigenvalue weighted by atomic mass is 10.2. The highest BCUT2D eigenvalue weighted by Crippen LogP contribution is 2.25. The quantitative estimate of drug-likeness (QED) is 0.537. The number of hydrogen-bond donors (Lipinski definition) is 1. The zero-order valence-electron chi connectivity index (χ0n) is 11.1. The summed E-state index contributed by atoms with van der Waals surface area (Å²) in [5, 5.41) is 3.31. The monoisotopic (exact) mass is 335 g/mol. The Hall–Kier alpha value is -0.680. The van der Waals surface area contributed by atoms with Crippen LogP contribution < -0.4 is 10.1 Å². The van der Waals surface area contributed by atoms with Crippen LogP contribution in [0.15, 0.2) is 16.6 Å². The minimum atomic E-state index is -0.923. The van der Waals surface area contributed by atoms with Gasteiger partial charge < -0.3 is 10.1 Å². The maximum absolute atomic E-state index is 13.4. The summed E-state index contributed by atoms with van der Waals surface area (Å²) in [4.78, 5) is 0. The lowest BCUT2D eigenvalue weighted by Crippen LogP contribution is -2.15. The molecular weight excluding hydrogens is 316 g/mol. The first kappa shape index (κ1) is 16.4. The molecule has 1 aromatic carbocycles. The Balaban J connectivity index is 2.19. The second kappa shape index (κ2) is 9.26. The van der Waals surface area contributed by atoms with Crippen molar-refractivity contribution in [3.8, 4) is 5.75 Å². The smallest absolute Gasteiger partial charge is 0.200 e. The van der Waals surface area contributed by atoms with Crippen LogP contribution in [0.1, 0.15) is 32.6 Å². The highest BCUT2D eigenvalue weighted by atomic mass is 79.9. The van der Waals surface area contributed by atoms with Crippen molar-refractivity contribution in [2.24, 2.45) is 0 Å². The van der Waals surface area contributed by atoms with E-state index in [1.54, 1.807) is 0 Å². The van der Waals surface area contributed by atoms with Crippen LogP contribution in [-0.4, -0.2) is 19.7 Å². The number of nitrogens with one attached hydrogen (secondary N) is 1. The van der Waals surface area contributed by atoms with Gasteiger partial charge in [0.15, 0.2) is 11.6 Å². The van der Waals surface area contributed by atoms with Gasteiger partial charge in [0.2, 0.25) is 5.82 Å². The fourth-order valence-electron chi connectivity index (χ4n) is 1.65. The van der Waals surface area contributed by atoms with E-state index in [0.717, 1.165) is 44.8 Å². The molecule has 0 fully saturated rings. The Bertz CT molecular complexity index is 388.